The van der Waals surface area contributed by atoms with Crippen molar-refractivity contribution in [1.29, 1.82) is 0 Å². The number of amides is 1. The van der Waals surface area contributed by atoms with Crippen LogP contribution in [0.3, 0.4) is 0 Å². The molecule has 5 heteroatoms. The predicted octanol–water partition coefficient (Wildman–Crippen LogP) is 3.54. The number of H-pyrrole nitrogens is 1. The molecule has 0 radical (unpaired) electrons. The van der Waals surface area contributed by atoms with E-state index in [1.165, 1.54) is 0 Å². The summed E-state index contributed by atoms with van der Waals surface area (Å²) in [6.07, 6.45) is 0.869. The van der Waals surface area contributed by atoms with Gasteiger partial charge in [0.2, 0.25) is 5.91 Å². The van der Waals surface area contributed by atoms with Gasteiger partial charge < -0.3 is 16.0 Å². The molecule has 0 saturated heterocycles. The number of fused-ring (bicyclic) bond motifs is 1. The highest BCUT2D eigenvalue weighted by Gasteiger charge is 2.19. The Hall–Kier alpha value is -2.66. The van der Waals surface area contributed by atoms with Crippen molar-refractivity contribution in [2.45, 2.75) is 26.3 Å². The Labute approximate surface area is 141 Å². The largest absolute Gasteiger partial charge is 0.338 e. The smallest absolute Gasteiger partial charge is 0.241 e. The predicted molar refractivity (Wildman–Crippen MR) is 97.6 cm³/mol. The summed E-state index contributed by atoms with van der Waals surface area (Å²) in [5.74, 6) is 0.758. The molecule has 1 amide bonds. The van der Waals surface area contributed by atoms with E-state index in [0.717, 1.165) is 34.5 Å². The average molecular weight is 322 g/mol. The first kappa shape index (κ1) is 16.2. The number of rotatable bonds is 5. The van der Waals surface area contributed by atoms with Crippen LogP contribution in [-0.4, -0.2) is 21.9 Å². The molecular formula is C19H22N4O. The Morgan fingerprint density at radius 3 is 2.79 bits per heavy atom. The van der Waals surface area contributed by atoms with Gasteiger partial charge >= 0.3 is 0 Å². The molecule has 3 aromatic rings. The third kappa shape index (κ3) is 3.31. The van der Waals surface area contributed by atoms with Crippen LogP contribution >= 0.6 is 0 Å². The van der Waals surface area contributed by atoms with Crippen molar-refractivity contribution in [2.75, 3.05) is 5.32 Å². The summed E-state index contributed by atoms with van der Waals surface area (Å²) in [4.78, 5) is 20.1. The number of carbonyl (C=O) groups excluding carboxylic acids is 1. The Morgan fingerprint density at radius 2 is 2.04 bits per heavy atom. The van der Waals surface area contributed by atoms with E-state index in [4.69, 9.17) is 5.73 Å². The SMILES string of the molecule is CCC(C)C(N)C(=O)Nc1cccc(-c2nc3ccccc3[nH]2)c1. The van der Waals surface area contributed by atoms with Crippen molar-refractivity contribution in [3.63, 3.8) is 0 Å². The van der Waals surface area contributed by atoms with Crippen LogP contribution in [0.15, 0.2) is 48.5 Å². The number of nitrogens with one attached hydrogen (secondary N) is 2. The van der Waals surface area contributed by atoms with Crippen LogP contribution < -0.4 is 11.1 Å². The maximum atomic E-state index is 12.2. The van der Waals surface area contributed by atoms with Crippen LogP contribution in [0.2, 0.25) is 0 Å². The maximum absolute atomic E-state index is 12.2. The highest BCUT2D eigenvalue weighted by molar-refractivity contribution is 5.95. The van der Waals surface area contributed by atoms with Crippen LogP contribution in [0.25, 0.3) is 22.4 Å². The third-order valence-corrected chi connectivity index (χ3v) is 4.35. The second-order valence-electron chi connectivity index (χ2n) is 6.08. The highest BCUT2D eigenvalue weighted by Crippen LogP contribution is 2.23. The van der Waals surface area contributed by atoms with Crippen molar-refractivity contribution in [3.8, 4) is 11.4 Å². The Kier molecular flexibility index (Phi) is 4.62. The molecule has 0 spiro atoms. The number of nitrogens with two attached hydrogens (primary N) is 1. The number of imidazole rings is 1. The Balaban J connectivity index is 1.82. The first-order valence-electron chi connectivity index (χ1n) is 8.20. The van der Waals surface area contributed by atoms with Crippen LogP contribution in [-0.2, 0) is 4.79 Å². The quantitative estimate of drug-likeness (QED) is 0.672. The number of nitrogens with zero attached hydrogens (tertiary/aromatic N) is 1. The number of aromatic amines is 1. The van der Waals surface area contributed by atoms with Crippen molar-refractivity contribution < 1.29 is 4.79 Å². The number of hydrogen-bond acceptors (Lipinski definition) is 3. The van der Waals surface area contributed by atoms with E-state index in [1.807, 2.05) is 62.4 Å². The van der Waals surface area contributed by atoms with Gasteiger partial charge in [0, 0.05) is 11.3 Å². The van der Waals surface area contributed by atoms with Gasteiger partial charge in [0.15, 0.2) is 0 Å². The molecule has 3 rings (SSSR count). The zero-order valence-corrected chi connectivity index (χ0v) is 13.9. The van der Waals surface area contributed by atoms with Gasteiger partial charge in [-0.1, -0.05) is 44.5 Å². The molecule has 0 fully saturated rings. The van der Waals surface area contributed by atoms with E-state index in [9.17, 15) is 4.79 Å². The van der Waals surface area contributed by atoms with Gasteiger partial charge in [-0.2, -0.15) is 0 Å². The number of anilines is 1. The number of para-hydroxylation sites is 2. The van der Waals surface area contributed by atoms with Gasteiger partial charge in [0.25, 0.3) is 0 Å². The van der Waals surface area contributed by atoms with Crippen molar-refractivity contribution in [2.24, 2.45) is 11.7 Å². The minimum absolute atomic E-state index is 0.142. The molecule has 1 heterocycles. The fourth-order valence-corrected chi connectivity index (χ4v) is 2.57. The molecule has 2 unspecified atom stereocenters. The van der Waals surface area contributed by atoms with Gasteiger partial charge in [-0.25, -0.2) is 4.98 Å². The highest BCUT2D eigenvalue weighted by atomic mass is 16.2. The molecule has 124 valence electrons. The van der Waals surface area contributed by atoms with E-state index < -0.39 is 6.04 Å². The number of hydrogen-bond donors (Lipinski definition) is 3. The molecule has 0 saturated carbocycles. The van der Waals surface area contributed by atoms with Crippen molar-refractivity contribution in [3.05, 3.63) is 48.5 Å². The second-order valence-corrected chi connectivity index (χ2v) is 6.08. The summed E-state index contributed by atoms with van der Waals surface area (Å²) in [7, 11) is 0. The fourth-order valence-electron chi connectivity index (χ4n) is 2.57. The minimum atomic E-state index is -0.509. The molecule has 2 atom stereocenters. The summed E-state index contributed by atoms with van der Waals surface area (Å²) in [5, 5.41) is 2.90. The molecule has 0 aliphatic heterocycles. The summed E-state index contributed by atoms with van der Waals surface area (Å²) in [5.41, 5.74) is 9.53. The van der Waals surface area contributed by atoms with E-state index in [0.29, 0.717) is 0 Å². The van der Waals surface area contributed by atoms with E-state index in [1.54, 1.807) is 0 Å². The van der Waals surface area contributed by atoms with Crippen molar-refractivity contribution in [1.82, 2.24) is 9.97 Å². The summed E-state index contributed by atoms with van der Waals surface area (Å²) in [6, 6.07) is 15.0. The Bertz CT molecular complexity index is 822. The second kappa shape index (κ2) is 6.84. The lowest BCUT2D eigenvalue weighted by Gasteiger charge is -2.17. The van der Waals surface area contributed by atoms with Crippen molar-refractivity contribution >= 4 is 22.6 Å². The summed E-state index contributed by atoms with van der Waals surface area (Å²) >= 11 is 0. The van der Waals surface area contributed by atoms with Gasteiger partial charge in [-0.05, 0) is 30.2 Å². The molecule has 0 aliphatic rings. The third-order valence-electron chi connectivity index (χ3n) is 4.35. The van der Waals surface area contributed by atoms with E-state index >= 15 is 0 Å². The molecule has 2 aromatic carbocycles. The molecule has 24 heavy (non-hydrogen) atoms. The minimum Gasteiger partial charge on any atom is -0.338 e. The fraction of sp³-hybridized carbons (Fsp3) is 0.263. The molecular weight excluding hydrogens is 300 g/mol. The molecule has 4 N–H and O–H groups in total. The Morgan fingerprint density at radius 1 is 1.25 bits per heavy atom. The zero-order valence-electron chi connectivity index (χ0n) is 13.9. The van der Waals surface area contributed by atoms with Gasteiger partial charge in [-0.3, -0.25) is 4.79 Å². The topological polar surface area (TPSA) is 83.8 Å². The number of benzene rings is 2. The zero-order chi connectivity index (χ0) is 17.1. The van der Waals surface area contributed by atoms with E-state index in [-0.39, 0.29) is 11.8 Å². The lowest BCUT2D eigenvalue weighted by atomic mass is 9.99. The monoisotopic (exact) mass is 322 g/mol. The maximum Gasteiger partial charge on any atom is 0.241 e. The average Bonchev–Trinajstić information content (AvgIpc) is 3.04. The van der Waals surface area contributed by atoms with Gasteiger partial charge in [0.1, 0.15) is 5.82 Å². The van der Waals surface area contributed by atoms with Crippen LogP contribution in [0.5, 0.6) is 0 Å². The van der Waals surface area contributed by atoms with E-state index in [2.05, 4.69) is 15.3 Å². The lowest BCUT2D eigenvalue weighted by molar-refractivity contribution is -0.118. The normalized spacial score (nSPS) is 13.6. The molecule has 1 aromatic heterocycles. The van der Waals surface area contributed by atoms with Gasteiger partial charge in [0.05, 0.1) is 17.1 Å². The molecule has 0 aliphatic carbocycles. The van der Waals surface area contributed by atoms with Crippen LogP contribution in [0.4, 0.5) is 5.69 Å². The molecule has 5 nitrogen and oxygen atoms in total. The van der Waals surface area contributed by atoms with Crippen LogP contribution in [0, 0.1) is 5.92 Å². The number of carbonyl (C=O) groups is 1. The standard InChI is InChI=1S/C19H22N4O/c1-3-12(2)17(20)19(24)21-14-8-6-7-13(11-14)18-22-15-9-4-5-10-16(15)23-18/h4-12,17H,3,20H2,1-2H3,(H,21,24)(H,22,23). The van der Waals surface area contributed by atoms with Gasteiger partial charge in [-0.15, -0.1) is 0 Å². The molecule has 0 bridgehead atoms. The summed E-state index contributed by atoms with van der Waals surface area (Å²) in [6.45, 7) is 4.01. The van der Waals surface area contributed by atoms with Crippen LogP contribution in [0.1, 0.15) is 20.3 Å². The lowest BCUT2D eigenvalue weighted by Crippen LogP contribution is -2.40. The first-order chi connectivity index (χ1) is 11.6. The first-order valence-corrected chi connectivity index (χ1v) is 8.20. The number of aromatic nitrogens is 2. The summed E-state index contributed by atoms with van der Waals surface area (Å²) < 4.78 is 0.